The van der Waals surface area contributed by atoms with Crippen LogP contribution in [0.5, 0.6) is 0 Å². The molecule has 0 unspecified atom stereocenters. The van der Waals surface area contributed by atoms with Crippen molar-refractivity contribution in [3.63, 3.8) is 0 Å². The highest BCUT2D eigenvalue weighted by atomic mass is 19.4. The number of rotatable bonds is 6. The van der Waals surface area contributed by atoms with E-state index in [1.807, 2.05) is 12.0 Å². The molecule has 3 aromatic heterocycles. The number of carbonyl (C=O) groups excluding carboxylic acids is 1. The van der Waals surface area contributed by atoms with Crippen molar-refractivity contribution in [2.24, 2.45) is 5.92 Å². The number of H-pyrrole nitrogens is 1. The van der Waals surface area contributed by atoms with Gasteiger partial charge in [-0.2, -0.15) is 28.5 Å². The molecule has 3 aromatic rings. The molecule has 12 heteroatoms. The van der Waals surface area contributed by atoms with Gasteiger partial charge in [-0.25, -0.2) is 9.78 Å². The van der Waals surface area contributed by atoms with Crippen molar-refractivity contribution in [1.82, 2.24) is 35.1 Å². The van der Waals surface area contributed by atoms with Crippen molar-refractivity contribution in [1.29, 1.82) is 0 Å². The third-order valence-electron chi connectivity index (χ3n) is 3.83. The molecule has 0 radical (unpaired) electrons. The molecule has 3 heterocycles. The van der Waals surface area contributed by atoms with E-state index in [1.165, 1.54) is 0 Å². The van der Waals surface area contributed by atoms with Gasteiger partial charge in [-0.3, -0.25) is 14.3 Å². The molecule has 0 fully saturated rings. The van der Waals surface area contributed by atoms with Crippen LogP contribution in [0.2, 0.25) is 0 Å². The summed E-state index contributed by atoms with van der Waals surface area (Å²) >= 11 is 0. The van der Waals surface area contributed by atoms with E-state index in [2.05, 4.69) is 20.6 Å². The average molecular weight is 395 g/mol. The maximum absolute atomic E-state index is 13.6. The molecule has 1 atom stereocenters. The Hall–Kier alpha value is -3.44. The van der Waals surface area contributed by atoms with Gasteiger partial charge in [0.15, 0.2) is 11.5 Å². The first kappa shape index (κ1) is 19.3. The smallest absolute Gasteiger partial charge is 0.352 e. The van der Waals surface area contributed by atoms with E-state index in [0.29, 0.717) is 11.2 Å². The molecule has 0 saturated heterocycles. The number of amides is 1. The molecule has 28 heavy (non-hydrogen) atoms. The van der Waals surface area contributed by atoms with Crippen molar-refractivity contribution in [2.75, 3.05) is 6.54 Å². The highest BCUT2D eigenvalue weighted by Gasteiger charge is 2.41. The summed E-state index contributed by atoms with van der Waals surface area (Å²) in [5.41, 5.74) is -2.48. The zero-order valence-electron chi connectivity index (χ0n) is 14.6. The SMILES string of the molecule is C[C@@H](CNC(=O)c1cnn(-c2ccc(=O)[nH]n2)c1C(F)(F)F)Cn1cccn1. The Bertz CT molecular complexity index is 988. The summed E-state index contributed by atoms with van der Waals surface area (Å²) in [6.07, 6.45) is -0.674. The molecule has 148 valence electrons. The van der Waals surface area contributed by atoms with E-state index in [1.54, 1.807) is 23.1 Å². The van der Waals surface area contributed by atoms with Crippen LogP contribution in [0.3, 0.4) is 0 Å². The van der Waals surface area contributed by atoms with E-state index < -0.39 is 28.9 Å². The largest absolute Gasteiger partial charge is 0.434 e. The minimum atomic E-state index is -4.86. The molecule has 9 nitrogen and oxygen atoms in total. The van der Waals surface area contributed by atoms with Crippen LogP contribution in [0.1, 0.15) is 23.0 Å². The fraction of sp³-hybridized carbons (Fsp3) is 0.312. The Morgan fingerprint density at radius 1 is 1.32 bits per heavy atom. The normalized spacial score (nSPS) is 12.7. The van der Waals surface area contributed by atoms with E-state index in [4.69, 9.17) is 0 Å². The number of halogens is 3. The first-order chi connectivity index (χ1) is 13.3. The Labute approximate surface area is 156 Å². The number of nitrogens with zero attached hydrogens (tertiary/aromatic N) is 5. The van der Waals surface area contributed by atoms with Gasteiger partial charge in [-0.1, -0.05) is 6.92 Å². The van der Waals surface area contributed by atoms with Gasteiger partial charge in [0.2, 0.25) is 0 Å². The van der Waals surface area contributed by atoms with E-state index in [0.717, 1.165) is 18.3 Å². The topological polar surface area (TPSA) is 110 Å². The van der Waals surface area contributed by atoms with Gasteiger partial charge in [-0.05, 0) is 18.1 Å². The summed E-state index contributed by atoms with van der Waals surface area (Å²) in [4.78, 5) is 23.4. The van der Waals surface area contributed by atoms with Crippen molar-refractivity contribution in [3.05, 3.63) is 58.4 Å². The van der Waals surface area contributed by atoms with Crippen LogP contribution in [-0.2, 0) is 12.7 Å². The molecule has 2 N–H and O–H groups in total. The van der Waals surface area contributed by atoms with Crippen LogP contribution in [0, 0.1) is 5.92 Å². The summed E-state index contributed by atoms with van der Waals surface area (Å²) in [6.45, 7) is 2.48. The van der Waals surface area contributed by atoms with Crippen molar-refractivity contribution in [2.45, 2.75) is 19.6 Å². The second-order valence-electron chi connectivity index (χ2n) is 6.14. The first-order valence-corrected chi connectivity index (χ1v) is 8.22. The molecule has 0 aliphatic rings. The number of alkyl halides is 3. The van der Waals surface area contributed by atoms with Crippen LogP contribution in [0.25, 0.3) is 5.82 Å². The Balaban J connectivity index is 1.80. The van der Waals surface area contributed by atoms with Crippen LogP contribution < -0.4 is 10.9 Å². The highest BCUT2D eigenvalue weighted by molar-refractivity contribution is 5.95. The molecule has 0 bridgehead atoms. The number of aromatic amines is 1. The molecular weight excluding hydrogens is 379 g/mol. The molecule has 0 spiro atoms. The summed E-state index contributed by atoms with van der Waals surface area (Å²) in [5.74, 6) is -1.23. The van der Waals surface area contributed by atoms with E-state index >= 15 is 0 Å². The lowest BCUT2D eigenvalue weighted by Crippen LogP contribution is -2.31. The zero-order valence-corrected chi connectivity index (χ0v) is 14.6. The third kappa shape index (κ3) is 4.27. The van der Waals surface area contributed by atoms with Crippen LogP contribution in [0.4, 0.5) is 13.2 Å². The molecule has 0 aliphatic heterocycles. The van der Waals surface area contributed by atoms with Gasteiger partial charge in [-0.15, -0.1) is 0 Å². The zero-order chi connectivity index (χ0) is 20.3. The molecule has 0 saturated carbocycles. The number of carbonyl (C=O) groups is 1. The summed E-state index contributed by atoms with van der Waals surface area (Å²) in [6, 6.07) is 3.84. The Morgan fingerprint density at radius 2 is 2.11 bits per heavy atom. The fourth-order valence-electron chi connectivity index (χ4n) is 2.57. The molecule has 0 aliphatic carbocycles. The maximum atomic E-state index is 13.6. The maximum Gasteiger partial charge on any atom is 0.434 e. The number of nitrogens with one attached hydrogen (secondary N) is 2. The van der Waals surface area contributed by atoms with Gasteiger partial charge in [0.25, 0.3) is 11.5 Å². The van der Waals surface area contributed by atoms with Crippen molar-refractivity contribution < 1.29 is 18.0 Å². The Kier molecular flexibility index (Phi) is 5.29. The van der Waals surface area contributed by atoms with Crippen LogP contribution in [0.15, 0.2) is 41.6 Å². The van der Waals surface area contributed by atoms with Crippen molar-refractivity contribution >= 4 is 5.91 Å². The van der Waals surface area contributed by atoms with E-state index in [9.17, 15) is 22.8 Å². The standard InChI is InChI=1S/C16H16F3N7O2/c1-10(9-25-6-2-5-21-25)7-20-15(28)11-8-22-26(14(11)16(17,18)19)12-3-4-13(27)24-23-12/h2-6,8,10H,7,9H2,1H3,(H,20,28)(H,24,27)/t10-/m0/s1. The van der Waals surface area contributed by atoms with Gasteiger partial charge in [0.1, 0.15) is 0 Å². The summed E-state index contributed by atoms with van der Waals surface area (Å²) in [5, 5.41) is 15.7. The van der Waals surface area contributed by atoms with Crippen molar-refractivity contribution in [3.8, 4) is 5.82 Å². The van der Waals surface area contributed by atoms with E-state index in [-0.39, 0.29) is 18.3 Å². The van der Waals surface area contributed by atoms with Gasteiger partial charge < -0.3 is 5.32 Å². The second kappa shape index (κ2) is 7.66. The highest BCUT2D eigenvalue weighted by Crippen LogP contribution is 2.33. The lowest BCUT2D eigenvalue weighted by molar-refractivity contribution is -0.143. The molecule has 3 rings (SSSR count). The lowest BCUT2D eigenvalue weighted by atomic mass is 10.1. The monoisotopic (exact) mass is 395 g/mol. The lowest BCUT2D eigenvalue weighted by Gasteiger charge is -2.14. The minimum Gasteiger partial charge on any atom is -0.352 e. The molecule has 1 amide bonds. The minimum absolute atomic E-state index is 0.0610. The van der Waals surface area contributed by atoms with Gasteiger partial charge in [0, 0.05) is 31.5 Å². The van der Waals surface area contributed by atoms with Crippen LogP contribution >= 0.6 is 0 Å². The van der Waals surface area contributed by atoms with Crippen LogP contribution in [-0.4, -0.2) is 42.2 Å². The molecule has 0 aromatic carbocycles. The van der Waals surface area contributed by atoms with Gasteiger partial charge >= 0.3 is 6.18 Å². The fourth-order valence-corrected chi connectivity index (χ4v) is 2.57. The summed E-state index contributed by atoms with van der Waals surface area (Å²) < 4.78 is 42.8. The molecular formula is C16H16F3N7O2. The quantitative estimate of drug-likeness (QED) is 0.652. The number of hydrogen-bond acceptors (Lipinski definition) is 5. The average Bonchev–Trinajstić information content (AvgIpc) is 3.29. The number of aromatic nitrogens is 6. The Morgan fingerprint density at radius 3 is 2.71 bits per heavy atom. The third-order valence-corrected chi connectivity index (χ3v) is 3.83. The number of hydrogen-bond donors (Lipinski definition) is 2. The van der Waals surface area contributed by atoms with Gasteiger partial charge in [0.05, 0.1) is 11.8 Å². The predicted molar refractivity (Wildman–Crippen MR) is 90.7 cm³/mol. The first-order valence-electron chi connectivity index (χ1n) is 8.22. The predicted octanol–water partition coefficient (Wildman–Crippen LogP) is 1.24. The second-order valence-corrected chi connectivity index (χ2v) is 6.14. The summed E-state index contributed by atoms with van der Waals surface area (Å²) in [7, 11) is 0.